The maximum absolute atomic E-state index is 12.6. The quantitative estimate of drug-likeness (QED) is 0.532. The van der Waals surface area contributed by atoms with Crippen LogP contribution in [0.15, 0.2) is 29.2 Å². The largest absolute Gasteiger partial charge is 0.370 e. The van der Waals surface area contributed by atoms with E-state index in [9.17, 15) is 8.42 Å². The second-order valence-corrected chi connectivity index (χ2v) is 9.58. The molecule has 3 rings (SSSR count). The van der Waals surface area contributed by atoms with Gasteiger partial charge in [0.1, 0.15) is 15.9 Å². The number of sulfone groups is 1. The highest BCUT2D eigenvalue weighted by atomic mass is 35.5. The lowest BCUT2D eigenvalue weighted by molar-refractivity contribution is 0.593. The molecule has 0 amide bonds. The fourth-order valence-corrected chi connectivity index (χ4v) is 5.40. The number of nitrogens with zero attached hydrogens (tertiary/aromatic N) is 4. The standard InChI is InChI=1S/C20H25ClN6O2S/c1-12-7-5-8-15(13(12)2)16-11-17(25-20(22)24-16)23-9-6-10-30(28,29)18-14(3)26-27(4)19(18)21/h5,7-8,11H,6,9-10H2,1-4H3,(H3,22,23,24,25). The Labute approximate surface area is 181 Å². The maximum Gasteiger partial charge on any atom is 0.222 e. The van der Waals surface area contributed by atoms with Crippen molar-refractivity contribution in [2.24, 2.45) is 7.05 Å². The summed E-state index contributed by atoms with van der Waals surface area (Å²) in [7, 11) is -1.92. The molecule has 160 valence electrons. The molecule has 0 saturated heterocycles. The Balaban J connectivity index is 1.70. The number of nitrogens with one attached hydrogen (secondary N) is 1. The number of aromatic nitrogens is 4. The van der Waals surface area contributed by atoms with Crippen molar-refractivity contribution in [2.75, 3.05) is 23.3 Å². The van der Waals surface area contributed by atoms with Crippen LogP contribution >= 0.6 is 11.6 Å². The van der Waals surface area contributed by atoms with Crippen LogP contribution in [-0.4, -0.2) is 40.5 Å². The Hall–Kier alpha value is -2.65. The van der Waals surface area contributed by atoms with E-state index in [0.29, 0.717) is 24.5 Å². The summed E-state index contributed by atoms with van der Waals surface area (Å²) in [5.41, 5.74) is 10.3. The lowest BCUT2D eigenvalue weighted by Gasteiger charge is -2.11. The van der Waals surface area contributed by atoms with Gasteiger partial charge in [-0.15, -0.1) is 0 Å². The molecule has 0 aliphatic rings. The van der Waals surface area contributed by atoms with Crippen molar-refractivity contribution < 1.29 is 8.42 Å². The van der Waals surface area contributed by atoms with Gasteiger partial charge in [-0.1, -0.05) is 29.8 Å². The summed E-state index contributed by atoms with van der Waals surface area (Å²) in [6.45, 7) is 6.11. The summed E-state index contributed by atoms with van der Waals surface area (Å²) in [6, 6.07) is 7.81. The molecule has 0 bridgehead atoms. The van der Waals surface area contributed by atoms with E-state index in [0.717, 1.165) is 22.4 Å². The first kappa shape index (κ1) is 22.0. The van der Waals surface area contributed by atoms with Gasteiger partial charge < -0.3 is 11.1 Å². The molecule has 0 unspecified atom stereocenters. The van der Waals surface area contributed by atoms with Crippen molar-refractivity contribution in [1.82, 2.24) is 19.7 Å². The predicted molar refractivity (Wildman–Crippen MR) is 119 cm³/mol. The molecular weight excluding hydrogens is 424 g/mol. The van der Waals surface area contributed by atoms with E-state index >= 15 is 0 Å². The van der Waals surface area contributed by atoms with Crippen LogP contribution in [-0.2, 0) is 16.9 Å². The molecule has 0 radical (unpaired) electrons. The molecule has 0 fully saturated rings. The molecule has 3 N–H and O–H groups in total. The van der Waals surface area contributed by atoms with Gasteiger partial charge in [-0.2, -0.15) is 10.1 Å². The summed E-state index contributed by atoms with van der Waals surface area (Å²) < 4.78 is 26.7. The van der Waals surface area contributed by atoms with Gasteiger partial charge in [0.25, 0.3) is 0 Å². The van der Waals surface area contributed by atoms with Crippen LogP contribution < -0.4 is 11.1 Å². The van der Waals surface area contributed by atoms with Crippen LogP contribution in [0.25, 0.3) is 11.3 Å². The number of benzene rings is 1. The number of nitrogen functional groups attached to an aromatic ring is 1. The van der Waals surface area contributed by atoms with Crippen LogP contribution in [0.2, 0.25) is 5.15 Å². The first-order chi connectivity index (χ1) is 14.1. The highest BCUT2D eigenvalue weighted by Crippen LogP contribution is 2.27. The third-order valence-corrected chi connectivity index (χ3v) is 7.41. The van der Waals surface area contributed by atoms with Gasteiger partial charge in [0, 0.05) is 25.2 Å². The Morgan fingerprint density at radius 3 is 2.60 bits per heavy atom. The monoisotopic (exact) mass is 448 g/mol. The molecule has 3 aromatic rings. The highest BCUT2D eigenvalue weighted by molar-refractivity contribution is 7.91. The van der Waals surface area contributed by atoms with Crippen LogP contribution in [0.3, 0.4) is 0 Å². The summed E-state index contributed by atoms with van der Waals surface area (Å²) in [6.07, 6.45) is 0.371. The number of nitrogens with two attached hydrogens (primary N) is 1. The molecule has 0 saturated carbocycles. The van der Waals surface area contributed by atoms with Gasteiger partial charge in [0.15, 0.2) is 9.84 Å². The first-order valence-corrected chi connectivity index (χ1v) is 11.5. The van der Waals surface area contributed by atoms with Crippen molar-refractivity contribution in [3.63, 3.8) is 0 Å². The molecule has 1 aromatic carbocycles. The lowest BCUT2D eigenvalue weighted by atomic mass is 10.0. The van der Waals surface area contributed by atoms with E-state index in [1.54, 1.807) is 14.0 Å². The van der Waals surface area contributed by atoms with E-state index in [2.05, 4.69) is 20.4 Å². The van der Waals surface area contributed by atoms with E-state index in [1.165, 1.54) is 4.68 Å². The minimum Gasteiger partial charge on any atom is -0.370 e. The van der Waals surface area contributed by atoms with Crippen LogP contribution in [0.1, 0.15) is 23.2 Å². The average molecular weight is 449 g/mol. The van der Waals surface area contributed by atoms with Gasteiger partial charge in [0.05, 0.1) is 17.1 Å². The highest BCUT2D eigenvalue weighted by Gasteiger charge is 2.24. The van der Waals surface area contributed by atoms with Crippen molar-refractivity contribution in [3.05, 3.63) is 46.2 Å². The molecule has 8 nitrogen and oxygen atoms in total. The summed E-state index contributed by atoms with van der Waals surface area (Å²) in [5.74, 6) is 0.643. The molecule has 30 heavy (non-hydrogen) atoms. The molecule has 0 aliphatic carbocycles. The van der Waals surface area contributed by atoms with Crippen molar-refractivity contribution in [3.8, 4) is 11.3 Å². The zero-order valence-corrected chi connectivity index (χ0v) is 19.0. The minimum atomic E-state index is -3.54. The zero-order chi connectivity index (χ0) is 22.1. The van der Waals surface area contributed by atoms with Crippen LogP contribution in [0.4, 0.5) is 11.8 Å². The Kier molecular flexibility index (Phi) is 6.33. The summed E-state index contributed by atoms with van der Waals surface area (Å²) in [4.78, 5) is 8.64. The number of anilines is 2. The third kappa shape index (κ3) is 4.57. The zero-order valence-electron chi connectivity index (χ0n) is 17.4. The van der Waals surface area contributed by atoms with Crippen LogP contribution in [0.5, 0.6) is 0 Å². The van der Waals surface area contributed by atoms with Crippen molar-refractivity contribution in [2.45, 2.75) is 32.1 Å². The van der Waals surface area contributed by atoms with E-state index < -0.39 is 9.84 Å². The van der Waals surface area contributed by atoms with Gasteiger partial charge in [0.2, 0.25) is 5.95 Å². The van der Waals surface area contributed by atoms with Crippen LogP contribution in [0, 0.1) is 20.8 Å². The van der Waals surface area contributed by atoms with Gasteiger partial charge in [-0.3, -0.25) is 4.68 Å². The number of aryl methyl sites for hydroxylation is 3. The predicted octanol–water partition coefficient (Wildman–Crippen LogP) is 3.31. The molecule has 2 aromatic heterocycles. The average Bonchev–Trinajstić information content (AvgIpc) is 2.93. The Morgan fingerprint density at radius 2 is 1.93 bits per heavy atom. The minimum absolute atomic E-state index is 0.0589. The van der Waals surface area contributed by atoms with Crippen molar-refractivity contribution in [1.29, 1.82) is 0 Å². The fraction of sp³-hybridized carbons (Fsp3) is 0.350. The number of rotatable bonds is 7. The molecule has 0 aliphatic heterocycles. The van der Waals surface area contributed by atoms with Crippen molar-refractivity contribution >= 4 is 33.2 Å². The summed E-state index contributed by atoms with van der Waals surface area (Å²) >= 11 is 6.10. The number of hydrogen-bond donors (Lipinski definition) is 2. The van der Waals surface area contributed by atoms with Gasteiger partial charge in [-0.25, -0.2) is 13.4 Å². The first-order valence-electron chi connectivity index (χ1n) is 9.47. The molecular formula is C20H25ClN6O2S. The summed E-state index contributed by atoms with van der Waals surface area (Å²) in [5, 5.41) is 7.34. The molecule has 0 atom stereocenters. The Morgan fingerprint density at radius 1 is 1.20 bits per heavy atom. The smallest absolute Gasteiger partial charge is 0.222 e. The third-order valence-electron chi connectivity index (χ3n) is 4.93. The topological polar surface area (TPSA) is 116 Å². The molecule has 10 heteroatoms. The SMILES string of the molecule is Cc1cccc(-c2cc(NCCCS(=O)(=O)c3c(C)nn(C)c3Cl)nc(N)n2)c1C. The molecule has 0 spiro atoms. The maximum atomic E-state index is 12.6. The van der Waals surface area contributed by atoms with E-state index in [4.69, 9.17) is 17.3 Å². The lowest BCUT2D eigenvalue weighted by Crippen LogP contribution is -2.13. The Bertz CT molecular complexity index is 1190. The second-order valence-electron chi connectivity index (χ2n) is 7.17. The molecule has 2 heterocycles. The fourth-order valence-electron chi connectivity index (χ4n) is 3.27. The van der Waals surface area contributed by atoms with Gasteiger partial charge in [-0.05, 0) is 38.3 Å². The number of halogens is 1. The van der Waals surface area contributed by atoms with E-state index in [-0.39, 0.29) is 21.7 Å². The van der Waals surface area contributed by atoms with Gasteiger partial charge >= 0.3 is 0 Å². The number of hydrogen-bond acceptors (Lipinski definition) is 7. The normalized spacial score (nSPS) is 11.6. The second kappa shape index (κ2) is 8.61. The van der Waals surface area contributed by atoms with E-state index in [1.807, 2.05) is 38.1 Å².